The second-order valence-corrected chi connectivity index (χ2v) is 7.76. The van der Waals surface area contributed by atoms with Gasteiger partial charge in [-0.1, -0.05) is 11.6 Å². The summed E-state index contributed by atoms with van der Waals surface area (Å²) in [6, 6.07) is 3.45. The molecular weight excluding hydrogens is 386 g/mol. The summed E-state index contributed by atoms with van der Waals surface area (Å²) in [6.45, 7) is 0. The van der Waals surface area contributed by atoms with Gasteiger partial charge in [0.05, 0.1) is 30.8 Å². The van der Waals surface area contributed by atoms with Gasteiger partial charge < -0.3 is 9.47 Å². The van der Waals surface area contributed by atoms with E-state index in [0.717, 1.165) is 29.7 Å². The maximum absolute atomic E-state index is 12.9. The molecule has 0 bridgehead atoms. The predicted octanol–water partition coefficient (Wildman–Crippen LogP) is 3.89. The standard InChI is InChI=1S/C19H18ClN3O3S/c1-25-14-8-11(7-13(20)17(14)26-2)9-22-23-10-21-18-16(19(23)24)12-5-3-4-6-15(12)27-18/h7-10H,3-6H2,1-2H3/b22-9+. The summed E-state index contributed by atoms with van der Waals surface area (Å²) in [6.07, 6.45) is 7.27. The lowest BCUT2D eigenvalue weighted by atomic mass is 9.97. The number of rotatable bonds is 4. The summed E-state index contributed by atoms with van der Waals surface area (Å²) in [5.74, 6) is 0.959. The first-order valence-electron chi connectivity index (χ1n) is 8.60. The molecule has 0 aliphatic heterocycles. The van der Waals surface area contributed by atoms with E-state index in [1.54, 1.807) is 29.7 Å². The second-order valence-electron chi connectivity index (χ2n) is 6.27. The van der Waals surface area contributed by atoms with E-state index >= 15 is 0 Å². The Morgan fingerprint density at radius 1 is 1.26 bits per heavy atom. The fraction of sp³-hybridized carbons (Fsp3) is 0.316. The first kappa shape index (κ1) is 18.0. The van der Waals surface area contributed by atoms with E-state index in [1.165, 1.54) is 36.5 Å². The Bertz CT molecular complexity index is 1100. The van der Waals surface area contributed by atoms with Crippen LogP contribution in [0.15, 0.2) is 28.4 Å². The van der Waals surface area contributed by atoms with Crippen molar-refractivity contribution in [2.24, 2.45) is 5.10 Å². The van der Waals surface area contributed by atoms with Gasteiger partial charge in [0, 0.05) is 4.88 Å². The molecule has 27 heavy (non-hydrogen) atoms. The van der Waals surface area contributed by atoms with Crippen molar-refractivity contribution >= 4 is 39.4 Å². The highest BCUT2D eigenvalue weighted by molar-refractivity contribution is 7.18. The van der Waals surface area contributed by atoms with Gasteiger partial charge in [-0.3, -0.25) is 4.79 Å². The minimum absolute atomic E-state index is 0.137. The highest BCUT2D eigenvalue weighted by Crippen LogP contribution is 2.36. The number of aryl methyl sites for hydroxylation is 2. The molecule has 0 saturated carbocycles. The topological polar surface area (TPSA) is 65.7 Å². The van der Waals surface area contributed by atoms with Crippen LogP contribution in [0, 0.1) is 0 Å². The normalized spacial score (nSPS) is 13.9. The third kappa shape index (κ3) is 3.21. The largest absolute Gasteiger partial charge is 0.493 e. The van der Waals surface area contributed by atoms with Gasteiger partial charge in [-0.15, -0.1) is 11.3 Å². The lowest BCUT2D eigenvalue weighted by Crippen LogP contribution is -2.18. The summed E-state index contributed by atoms with van der Waals surface area (Å²) in [7, 11) is 3.07. The van der Waals surface area contributed by atoms with Crippen LogP contribution in [0.25, 0.3) is 10.2 Å². The first-order chi connectivity index (χ1) is 13.1. The molecule has 0 spiro atoms. The zero-order valence-corrected chi connectivity index (χ0v) is 16.6. The molecule has 1 aliphatic rings. The lowest BCUT2D eigenvalue weighted by molar-refractivity contribution is 0.355. The van der Waals surface area contributed by atoms with Gasteiger partial charge in [-0.2, -0.15) is 9.78 Å². The summed E-state index contributed by atoms with van der Waals surface area (Å²) in [5.41, 5.74) is 1.71. The smallest absolute Gasteiger partial charge is 0.282 e. The number of benzene rings is 1. The van der Waals surface area contributed by atoms with E-state index in [9.17, 15) is 4.79 Å². The number of hydrogen-bond donors (Lipinski definition) is 0. The SMILES string of the molecule is COc1cc(/C=N/n2cnc3sc4c(c3c2=O)CCCC4)cc(Cl)c1OC. The van der Waals surface area contributed by atoms with Gasteiger partial charge in [0.25, 0.3) is 5.56 Å². The van der Waals surface area contributed by atoms with Gasteiger partial charge in [0.1, 0.15) is 11.2 Å². The monoisotopic (exact) mass is 403 g/mol. The Morgan fingerprint density at radius 2 is 2.07 bits per heavy atom. The molecule has 0 amide bonds. The van der Waals surface area contributed by atoms with Gasteiger partial charge in [0.15, 0.2) is 11.5 Å². The van der Waals surface area contributed by atoms with E-state index < -0.39 is 0 Å². The van der Waals surface area contributed by atoms with E-state index in [-0.39, 0.29) is 5.56 Å². The molecule has 1 aromatic carbocycles. The van der Waals surface area contributed by atoms with Gasteiger partial charge >= 0.3 is 0 Å². The Balaban J connectivity index is 1.75. The molecule has 0 N–H and O–H groups in total. The Hall–Kier alpha value is -2.38. The molecule has 6 nitrogen and oxygen atoms in total. The van der Waals surface area contributed by atoms with Crippen LogP contribution in [0.1, 0.15) is 28.8 Å². The number of fused-ring (bicyclic) bond motifs is 3. The highest BCUT2D eigenvalue weighted by Gasteiger charge is 2.19. The third-order valence-corrected chi connectivity index (χ3v) is 6.13. The number of nitrogens with zero attached hydrogens (tertiary/aromatic N) is 3. The van der Waals surface area contributed by atoms with Crippen LogP contribution in [-0.4, -0.2) is 30.1 Å². The summed E-state index contributed by atoms with van der Waals surface area (Å²) in [4.78, 5) is 19.4. The van der Waals surface area contributed by atoms with Crippen molar-refractivity contribution in [2.45, 2.75) is 25.7 Å². The molecule has 2 aromatic heterocycles. The average Bonchev–Trinajstić information content (AvgIpc) is 3.06. The number of hydrogen-bond acceptors (Lipinski definition) is 6. The highest BCUT2D eigenvalue weighted by atomic mass is 35.5. The predicted molar refractivity (Wildman–Crippen MR) is 108 cm³/mol. The van der Waals surface area contributed by atoms with Crippen molar-refractivity contribution < 1.29 is 9.47 Å². The zero-order chi connectivity index (χ0) is 19.0. The summed E-state index contributed by atoms with van der Waals surface area (Å²) < 4.78 is 11.8. The van der Waals surface area contributed by atoms with Crippen LogP contribution in [0.3, 0.4) is 0 Å². The minimum Gasteiger partial charge on any atom is -0.493 e. The van der Waals surface area contributed by atoms with Crippen molar-refractivity contribution in [2.75, 3.05) is 14.2 Å². The van der Waals surface area contributed by atoms with Gasteiger partial charge in [-0.25, -0.2) is 4.98 Å². The van der Waals surface area contributed by atoms with Gasteiger partial charge in [-0.05, 0) is 48.9 Å². The molecule has 0 fully saturated rings. The summed E-state index contributed by atoms with van der Waals surface area (Å²) >= 11 is 7.85. The average molecular weight is 404 g/mol. The van der Waals surface area contributed by atoms with E-state index in [1.807, 2.05) is 0 Å². The molecule has 2 heterocycles. The molecule has 1 aliphatic carbocycles. The molecule has 3 aromatic rings. The van der Waals surface area contributed by atoms with Crippen LogP contribution >= 0.6 is 22.9 Å². The Kier molecular flexibility index (Phi) is 4.88. The maximum Gasteiger partial charge on any atom is 0.282 e. The minimum atomic E-state index is -0.137. The van der Waals surface area contributed by atoms with Crippen LogP contribution in [-0.2, 0) is 12.8 Å². The van der Waals surface area contributed by atoms with E-state index in [4.69, 9.17) is 21.1 Å². The fourth-order valence-electron chi connectivity index (χ4n) is 3.36. The molecule has 140 valence electrons. The van der Waals surface area contributed by atoms with Crippen molar-refractivity contribution in [3.63, 3.8) is 0 Å². The number of halogens is 1. The molecular formula is C19H18ClN3O3S. The zero-order valence-electron chi connectivity index (χ0n) is 15.0. The number of methoxy groups -OCH3 is 2. The van der Waals surface area contributed by atoms with E-state index in [2.05, 4.69) is 10.1 Å². The second kappa shape index (κ2) is 7.32. The molecule has 0 radical (unpaired) electrons. The van der Waals surface area contributed by atoms with Gasteiger partial charge in [0.2, 0.25) is 0 Å². The molecule has 0 atom stereocenters. The third-order valence-electron chi connectivity index (χ3n) is 4.65. The molecule has 0 saturated heterocycles. The molecule has 0 unspecified atom stereocenters. The molecule has 8 heteroatoms. The van der Waals surface area contributed by atoms with Crippen LogP contribution in [0.2, 0.25) is 5.02 Å². The molecule has 4 rings (SSSR count). The van der Waals surface area contributed by atoms with Crippen molar-refractivity contribution in [3.05, 3.63) is 49.8 Å². The van der Waals surface area contributed by atoms with Crippen LogP contribution < -0.4 is 15.0 Å². The fourth-order valence-corrected chi connectivity index (χ4v) is 4.88. The van der Waals surface area contributed by atoms with Crippen molar-refractivity contribution in [3.8, 4) is 11.5 Å². The first-order valence-corrected chi connectivity index (χ1v) is 9.79. The van der Waals surface area contributed by atoms with Crippen molar-refractivity contribution in [1.29, 1.82) is 0 Å². The van der Waals surface area contributed by atoms with E-state index in [0.29, 0.717) is 27.5 Å². The Morgan fingerprint density at radius 3 is 2.85 bits per heavy atom. The number of ether oxygens (including phenoxy) is 2. The van der Waals surface area contributed by atoms with Crippen molar-refractivity contribution in [1.82, 2.24) is 9.66 Å². The quantitative estimate of drug-likeness (QED) is 0.620. The number of aromatic nitrogens is 2. The Labute approximate surface area is 165 Å². The maximum atomic E-state index is 12.9. The number of thiophene rings is 1. The lowest BCUT2D eigenvalue weighted by Gasteiger charge is -2.10. The summed E-state index contributed by atoms with van der Waals surface area (Å²) in [5, 5.41) is 5.41. The van der Waals surface area contributed by atoms with Crippen LogP contribution in [0.4, 0.5) is 0 Å². The van der Waals surface area contributed by atoms with Crippen LogP contribution in [0.5, 0.6) is 11.5 Å².